The molecule has 0 aliphatic carbocycles. The maximum Gasteiger partial charge on any atom is 0.186 e. The number of nitrogens with two attached hydrogens (primary N) is 1. The Labute approximate surface area is 204 Å². The van der Waals surface area contributed by atoms with Gasteiger partial charge in [-0.2, -0.15) is 0 Å². The molecule has 3 aromatic rings. The fraction of sp³-hybridized carbons (Fsp3) is 0.500. The van der Waals surface area contributed by atoms with E-state index in [1.54, 1.807) is 11.3 Å². The molecule has 4 nitrogen and oxygen atoms in total. The molecule has 5 heteroatoms. The maximum atomic E-state index is 6.44. The molecule has 0 fully saturated rings. The number of rotatable bonds is 9. The summed E-state index contributed by atoms with van der Waals surface area (Å²) >= 11 is 1.70. The van der Waals surface area contributed by atoms with Crippen molar-refractivity contribution < 1.29 is 0 Å². The molecule has 0 amide bonds. The first-order chi connectivity index (χ1) is 15.5. The number of thiazole rings is 1. The maximum absolute atomic E-state index is 6.44. The van der Waals surface area contributed by atoms with Crippen LogP contribution in [0.4, 0.5) is 5.13 Å². The Kier molecular flexibility index (Phi) is 7.96. The number of nitrogens with zero attached hydrogens (tertiary/aromatic N) is 3. The van der Waals surface area contributed by atoms with Gasteiger partial charge in [-0.15, -0.1) is 11.3 Å². The number of hydrogen-bond acceptors (Lipinski definition) is 5. The van der Waals surface area contributed by atoms with E-state index in [0.29, 0.717) is 17.8 Å². The summed E-state index contributed by atoms with van der Waals surface area (Å²) in [7, 11) is 0. The van der Waals surface area contributed by atoms with Crippen LogP contribution >= 0.6 is 11.3 Å². The summed E-state index contributed by atoms with van der Waals surface area (Å²) in [5.41, 5.74) is 13.8. The summed E-state index contributed by atoms with van der Waals surface area (Å²) in [6.07, 6.45) is 3.73. The van der Waals surface area contributed by atoms with E-state index in [-0.39, 0.29) is 5.54 Å². The van der Waals surface area contributed by atoms with Crippen molar-refractivity contribution in [2.45, 2.75) is 85.2 Å². The predicted molar refractivity (Wildman–Crippen MR) is 143 cm³/mol. The quantitative estimate of drug-likeness (QED) is 0.360. The zero-order chi connectivity index (χ0) is 24.3. The van der Waals surface area contributed by atoms with Gasteiger partial charge in [0.15, 0.2) is 5.13 Å². The van der Waals surface area contributed by atoms with Gasteiger partial charge in [-0.3, -0.25) is 4.98 Å². The monoisotopic (exact) mass is 464 g/mol. The van der Waals surface area contributed by atoms with Gasteiger partial charge in [0.2, 0.25) is 0 Å². The van der Waals surface area contributed by atoms with Crippen molar-refractivity contribution in [3.63, 3.8) is 0 Å². The molecule has 0 radical (unpaired) electrons. The Balaban J connectivity index is 2.09. The molecule has 0 aliphatic heterocycles. The van der Waals surface area contributed by atoms with E-state index >= 15 is 0 Å². The molecule has 0 saturated carbocycles. The normalized spacial score (nSPS) is 12.2. The average Bonchev–Trinajstić information content (AvgIpc) is 3.21. The molecule has 2 aromatic heterocycles. The molecule has 2 heterocycles. The van der Waals surface area contributed by atoms with Crippen molar-refractivity contribution in [3.05, 3.63) is 64.3 Å². The lowest BCUT2D eigenvalue weighted by atomic mass is 9.83. The Morgan fingerprint density at radius 2 is 1.64 bits per heavy atom. The number of anilines is 1. The first-order valence-electron chi connectivity index (χ1n) is 12.0. The topological polar surface area (TPSA) is 55.0 Å². The second kappa shape index (κ2) is 10.4. The molecule has 33 heavy (non-hydrogen) atoms. The third-order valence-electron chi connectivity index (χ3n) is 5.85. The van der Waals surface area contributed by atoms with Crippen molar-refractivity contribution in [2.75, 3.05) is 11.4 Å². The van der Waals surface area contributed by atoms with Crippen LogP contribution in [0.5, 0.6) is 0 Å². The molecular weight excluding hydrogens is 424 g/mol. The van der Waals surface area contributed by atoms with Crippen LogP contribution in [-0.2, 0) is 6.54 Å². The Hall–Kier alpha value is -2.24. The summed E-state index contributed by atoms with van der Waals surface area (Å²) in [6.45, 7) is 19.3. The lowest BCUT2D eigenvalue weighted by molar-refractivity contribution is 0.503. The van der Waals surface area contributed by atoms with Crippen LogP contribution in [0.2, 0.25) is 0 Å². The smallest absolute Gasteiger partial charge is 0.186 e. The van der Waals surface area contributed by atoms with Crippen LogP contribution in [0.25, 0.3) is 11.3 Å². The summed E-state index contributed by atoms with van der Waals surface area (Å²) in [4.78, 5) is 11.8. The van der Waals surface area contributed by atoms with Gasteiger partial charge in [-0.05, 0) is 59.9 Å². The summed E-state index contributed by atoms with van der Waals surface area (Å²) in [6, 6.07) is 8.88. The molecule has 0 atom stereocenters. The van der Waals surface area contributed by atoms with Crippen LogP contribution in [0.3, 0.4) is 0 Å². The minimum absolute atomic E-state index is 0.334. The predicted octanol–water partition coefficient (Wildman–Crippen LogP) is 7.32. The average molecular weight is 465 g/mol. The zero-order valence-electron chi connectivity index (χ0n) is 21.5. The highest BCUT2D eigenvalue weighted by Crippen LogP contribution is 2.40. The van der Waals surface area contributed by atoms with Crippen LogP contribution in [0.15, 0.2) is 42.0 Å². The molecule has 0 saturated heterocycles. The first kappa shape index (κ1) is 25.4. The van der Waals surface area contributed by atoms with Crippen molar-refractivity contribution in [1.82, 2.24) is 9.97 Å². The second-order valence-electron chi connectivity index (χ2n) is 10.8. The summed E-state index contributed by atoms with van der Waals surface area (Å²) in [5.74, 6) is 1.36. The fourth-order valence-corrected chi connectivity index (χ4v) is 4.99. The summed E-state index contributed by atoms with van der Waals surface area (Å²) in [5, 5.41) is 3.22. The fourth-order valence-electron chi connectivity index (χ4n) is 4.17. The highest BCUT2D eigenvalue weighted by molar-refractivity contribution is 7.14. The minimum atomic E-state index is -0.334. The number of pyridine rings is 1. The van der Waals surface area contributed by atoms with E-state index in [1.165, 1.54) is 22.3 Å². The van der Waals surface area contributed by atoms with Gasteiger partial charge in [0.1, 0.15) is 0 Å². The highest BCUT2D eigenvalue weighted by atomic mass is 32.1. The minimum Gasteiger partial charge on any atom is -0.342 e. The summed E-state index contributed by atoms with van der Waals surface area (Å²) < 4.78 is 0. The highest BCUT2D eigenvalue weighted by Gasteiger charge is 2.24. The Morgan fingerprint density at radius 3 is 2.12 bits per heavy atom. The standard InChI is InChI=1S/C28H40N4S/c1-18(2)22-12-23(19(3)4)26(24(13-22)20(5)6)25-16-33-27(31-25)32(17-28(7,8)29)15-21-10-9-11-30-14-21/h9-14,16,18-20H,15,17,29H2,1-8H3. The Bertz CT molecular complexity index is 1020. The number of hydrogen-bond donors (Lipinski definition) is 1. The molecule has 0 unspecified atom stereocenters. The molecule has 3 rings (SSSR count). The molecule has 2 N–H and O–H groups in total. The lowest BCUT2D eigenvalue weighted by Crippen LogP contribution is -2.45. The zero-order valence-corrected chi connectivity index (χ0v) is 22.3. The van der Waals surface area contributed by atoms with E-state index in [9.17, 15) is 0 Å². The van der Waals surface area contributed by atoms with Crippen molar-refractivity contribution >= 4 is 16.5 Å². The largest absolute Gasteiger partial charge is 0.342 e. The van der Waals surface area contributed by atoms with Gasteiger partial charge >= 0.3 is 0 Å². The molecule has 0 spiro atoms. The van der Waals surface area contributed by atoms with Crippen LogP contribution in [0, 0.1) is 0 Å². The van der Waals surface area contributed by atoms with Crippen LogP contribution in [0.1, 0.15) is 95.4 Å². The van der Waals surface area contributed by atoms with Gasteiger partial charge < -0.3 is 10.6 Å². The SMILES string of the molecule is CC(C)c1cc(C(C)C)c(-c2csc(N(Cc3cccnc3)CC(C)(C)N)n2)c(C(C)C)c1. The van der Waals surface area contributed by atoms with E-state index < -0.39 is 0 Å². The van der Waals surface area contributed by atoms with Gasteiger partial charge in [-0.25, -0.2) is 4.98 Å². The van der Waals surface area contributed by atoms with Crippen LogP contribution < -0.4 is 10.6 Å². The lowest BCUT2D eigenvalue weighted by Gasteiger charge is -2.29. The molecule has 0 aliphatic rings. The van der Waals surface area contributed by atoms with Crippen molar-refractivity contribution in [2.24, 2.45) is 5.73 Å². The molecular formula is C28H40N4S. The van der Waals surface area contributed by atoms with Gasteiger partial charge in [0.25, 0.3) is 0 Å². The Morgan fingerprint density at radius 1 is 1.00 bits per heavy atom. The molecule has 178 valence electrons. The third-order valence-corrected chi connectivity index (χ3v) is 6.75. The second-order valence-corrected chi connectivity index (χ2v) is 11.6. The van der Waals surface area contributed by atoms with Gasteiger partial charge in [0, 0.05) is 42.0 Å². The van der Waals surface area contributed by atoms with Gasteiger partial charge in [0.05, 0.1) is 5.69 Å². The first-order valence-corrected chi connectivity index (χ1v) is 12.9. The van der Waals surface area contributed by atoms with Crippen LogP contribution in [-0.4, -0.2) is 22.1 Å². The third kappa shape index (κ3) is 6.42. The van der Waals surface area contributed by atoms with E-state index in [1.807, 2.05) is 18.5 Å². The number of benzene rings is 1. The van der Waals surface area contributed by atoms with E-state index in [0.717, 1.165) is 29.5 Å². The van der Waals surface area contributed by atoms with Gasteiger partial charge in [-0.1, -0.05) is 59.7 Å². The van der Waals surface area contributed by atoms with E-state index in [2.05, 4.69) is 88.9 Å². The molecule has 0 bridgehead atoms. The van der Waals surface area contributed by atoms with E-state index in [4.69, 9.17) is 10.7 Å². The molecule has 1 aromatic carbocycles. The van der Waals surface area contributed by atoms with Crippen molar-refractivity contribution in [1.29, 1.82) is 0 Å². The number of aromatic nitrogens is 2. The van der Waals surface area contributed by atoms with Crippen molar-refractivity contribution in [3.8, 4) is 11.3 Å².